The van der Waals surface area contributed by atoms with Gasteiger partial charge in [0.1, 0.15) is 20.0 Å². The molecule has 112 valence electrons. The van der Waals surface area contributed by atoms with E-state index in [9.17, 15) is 16.8 Å². The van der Waals surface area contributed by atoms with E-state index < -0.39 is 20.0 Å². The molecule has 0 saturated carbocycles. The summed E-state index contributed by atoms with van der Waals surface area (Å²) in [4.78, 5) is -0.508. The molecule has 7 nitrogen and oxygen atoms in total. The Balaban J connectivity index is 0.00000242. The Kier molecular flexibility index (Phi) is 6.02. The number of nitrogens with two attached hydrogens (primary N) is 2. The predicted molar refractivity (Wildman–Crippen MR) is 79.4 cm³/mol. The van der Waals surface area contributed by atoms with Crippen LogP contribution in [0.3, 0.4) is 0 Å². The first kappa shape index (κ1) is 18.9. The first-order chi connectivity index (χ1) is 9.71. The van der Waals surface area contributed by atoms with E-state index in [2.05, 4.69) is 4.13 Å². The number of benzene rings is 2. The first-order valence-corrected chi connectivity index (χ1v) is 8.54. The van der Waals surface area contributed by atoms with Gasteiger partial charge in [-0.05, 0) is 48.5 Å². The molecular weight excluding hydrogens is 337 g/mol. The van der Waals surface area contributed by atoms with Gasteiger partial charge in [0.25, 0.3) is 0 Å². The SMILES string of the molecule is Nc1ccc(S(=O)(=O)[N-]S(=O)(=O)c2ccc(N)cc2)cc1.[Na+]. The molecule has 0 aliphatic heterocycles. The summed E-state index contributed by atoms with van der Waals surface area (Å²) in [7, 11) is -8.69. The zero-order chi connectivity index (χ0) is 15.7. The molecule has 2 aromatic carbocycles. The molecule has 0 radical (unpaired) electrons. The molecule has 0 heterocycles. The van der Waals surface area contributed by atoms with E-state index in [0.29, 0.717) is 11.4 Å². The van der Waals surface area contributed by atoms with E-state index in [1.807, 2.05) is 0 Å². The Morgan fingerprint density at radius 1 is 0.636 bits per heavy atom. The fourth-order valence-corrected chi connectivity index (χ4v) is 4.18. The fourth-order valence-electron chi connectivity index (χ4n) is 1.49. The molecule has 2 rings (SSSR count). The van der Waals surface area contributed by atoms with Gasteiger partial charge in [0.2, 0.25) is 0 Å². The average molecular weight is 349 g/mol. The van der Waals surface area contributed by atoms with Crippen LogP contribution in [0.5, 0.6) is 0 Å². The van der Waals surface area contributed by atoms with Crippen molar-refractivity contribution in [1.29, 1.82) is 0 Å². The number of sulfonamides is 2. The minimum absolute atomic E-state index is 0. The number of hydrogen-bond acceptors (Lipinski definition) is 6. The van der Waals surface area contributed by atoms with E-state index in [1.165, 1.54) is 48.5 Å². The Hall–Kier alpha value is -1.10. The molecular formula is C12H12N3NaO4S2. The monoisotopic (exact) mass is 349 g/mol. The minimum Gasteiger partial charge on any atom is -0.428 e. The maximum absolute atomic E-state index is 12.0. The molecule has 4 N–H and O–H groups in total. The molecule has 0 amide bonds. The van der Waals surface area contributed by atoms with Gasteiger partial charge in [-0.2, -0.15) is 0 Å². The second kappa shape index (κ2) is 6.99. The third-order valence-electron chi connectivity index (χ3n) is 2.55. The number of anilines is 2. The summed E-state index contributed by atoms with van der Waals surface area (Å²) in [5, 5.41) is 0. The van der Waals surface area contributed by atoms with Gasteiger partial charge in [-0.15, -0.1) is 0 Å². The van der Waals surface area contributed by atoms with Crippen LogP contribution in [0.4, 0.5) is 11.4 Å². The van der Waals surface area contributed by atoms with Crippen molar-refractivity contribution in [2.45, 2.75) is 9.79 Å². The van der Waals surface area contributed by atoms with Crippen molar-refractivity contribution in [1.82, 2.24) is 0 Å². The van der Waals surface area contributed by atoms with E-state index in [0.717, 1.165) is 0 Å². The summed E-state index contributed by atoms with van der Waals surface area (Å²) in [5.74, 6) is 0. The second-order valence-electron chi connectivity index (χ2n) is 4.16. The molecule has 0 aliphatic carbocycles. The van der Waals surface area contributed by atoms with Gasteiger partial charge in [0.05, 0.1) is 0 Å². The van der Waals surface area contributed by atoms with Gasteiger partial charge in [-0.1, -0.05) is 0 Å². The molecule has 0 bridgehead atoms. The molecule has 0 spiro atoms. The summed E-state index contributed by atoms with van der Waals surface area (Å²) in [6, 6.07) is 10.1. The van der Waals surface area contributed by atoms with Crippen LogP contribution in [0.1, 0.15) is 0 Å². The molecule has 0 saturated heterocycles. The van der Waals surface area contributed by atoms with Crippen molar-refractivity contribution in [3.05, 3.63) is 52.7 Å². The number of nitrogens with zero attached hydrogens (tertiary/aromatic N) is 1. The van der Waals surface area contributed by atoms with Crippen LogP contribution >= 0.6 is 0 Å². The number of hydrogen-bond donors (Lipinski definition) is 2. The van der Waals surface area contributed by atoms with Gasteiger partial charge in [-0.3, -0.25) is 0 Å². The van der Waals surface area contributed by atoms with Crippen molar-refractivity contribution in [2.24, 2.45) is 0 Å². The first-order valence-electron chi connectivity index (χ1n) is 5.66. The Bertz CT molecular complexity index is 775. The summed E-state index contributed by atoms with van der Waals surface area (Å²) in [6.45, 7) is 0. The minimum atomic E-state index is -4.34. The van der Waals surface area contributed by atoms with Gasteiger partial charge in [-0.25, -0.2) is 16.8 Å². The van der Waals surface area contributed by atoms with E-state index >= 15 is 0 Å². The van der Waals surface area contributed by atoms with Crippen LogP contribution in [0.15, 0.2) is 58.3 Å². The smallest absolute Gasteiger partial charge is 0.428 e. The van der Waals surface area contributed by atoms with Crippen LogP contribution in [0.25, 0.3) is 4.13 Å². The molecule has 0 fully saturated rings. The maximum atomic E-state index is 12.0. The zero-order valence-electron chi connectivity index (χ0n) is 11.7. The fraction of sp³-hybridized carbons (Fsp3) is 0. The normalized spacial score (nSPS) is 11.6. The Morgan fingerprint density at radius 3 is 1.18 bits per heavy atom. The molecule has 22 heavy (non-hydrogen) atoms. The average Bonchev–Trinajstić information content (AvgIpc) is 2.38. The summed E-state index contributed by atoms with van der Waals surface area (Å²) in [6.07, 6.45) is 0. The van der Waals surface area contributed by atoms with Crippen LogP contribution < -0.4 is 41.0 Å². The summed E-state index contributed by atoms with van der Waals surface area (Å²) >= 11 is 0. The van der Waals surface area contributed by atoms with Gasteiger partial charge in [0, 0.05) is 21.2 Å². The Morgan fingerprint density at radius 2 is 0.909 bits per heavy atom. The second-order valence-corrected chi connectivity index (χ2v) is 7.60. The third-order valence-corrected chi connectivity index (χ3v) is 5.86. The summed E-state index contributed by atoms with van der Waals surface area (Å²) < 4.78 is 51.0. The predicted octanol–water partition coefficient (Wildman–Crippen LogP) is -1.69. The van der Waals surface area contributed by atoms with Crippen molar-refractivity contribution < 1.29 is 46.4 Å². The third kappa shape index (κ3) is 4.45. The number of nitrogen functional groups attached to an aromatic ring is 2. The quantitative estimate of drug-likeness (QED) is 0.499. The van der Waals surface area contributed by atoms with E-state index in [-0.39, 0.29) is 39.3 Å². The zero-order valence-corrected chi connectivity index (χ0v) is 15.3. The van der Waals surface area contributed by atoms with Crippen LogP contribution in [0, 0.1) is 0 Å². The molecule has 10 heteroatoms. The molecule has 2 aromatic rings. The standard InChI is InChI=1S/C12H12N3O4S2.Na/c13-9-1-5-11(6-2-9)20(16,17)15-21(18,19)12-7-3-10(14)4-8-12;/h1-8H,13-14H2;/q-1;+1. The van der Waals surface area contributed by atoms with Gasteiger partial charge in [0.15, 0.2) is 0 Å². The van der Waals surface area contributed by atoms with Crippen molar-refractivity contribution in [2.75, 3.05) is 11.5 Å². The van der Waals surface area contributed by atoms with E-state index in [1.54, 1.807) is 0 Å². The van der Waals surface area contributed by atoms with E-state index in [4.69, 9.17) is 11.5 Å². The van der Waals surface area contributed by atoms with Crippen molar-refractivity contribution in [3.8, 4) is 0 Å². The molecule has 0 aromatic heterocycles. The Labute approximate surface area is 151 Å². The number of rotatable bonds is 4. The van der Waals surface area contributed by atoms with Crippen LogP contribution in [0.2, 0.25) is 0 Å². The van der Waals surface area contributed by atoms with Crippen molar-refractivity contribution in [3.63, 3.8) is 0 Å². The largest absolute Gasteiger partial charge is 1.00 e. The van der Waals surface area contributed by atoms with Gasteiger partial charge >= 0.3 is 29.6 Å². The molecule has 0 aliphatic rings. The van der Waals surface area contributed by atoms with Crippen molar-refractivity contribution >= 4 is 31.4 Å². The molecule has 0 atom stereocenters. The maximum Gasteiger partial charge on any atom is 1.00 e. The molecule has 0 unspecified atom stereocenters. The summed E-state index contributed by atoms with van der Waals surface area (Å²) in [5.41, 5.74) is 11.6. The van der Waals surface area contributed by atoms with Crippen LogP contribution in [-0.2, 0) is 20.0 Å². The topological polar surface area (TPSA) is 134 Å². The van der Waals surface area contributed by atoms with Gasteiger partial charge < -0.3 is 15.6 Å². The van der Waals surface area contributed by atoms with Crippen LogP contribution in [-0.4, -0.2) is 16.8 Å².